The number of carbonyl (C=O) groups excluding carboxylic acids is 2. The van der Waals surface area contributed by atoms with E-state index in [2.05, 4.69) is 30.8 Å². The van der Waals surface area contributed by atoms with Crippen molar-refractivity contribution in [3.05, 3.63) is 126 Å². The van der Waals surface area contributed by atoms with E-state index in [0.717, 1.165) is 46.2 Å². The second-order valence-electron chi connectivity index (χ2n) is 12.9. The standard InChI is InChI=1S/C43H47NO8/c1-4-24-49-25-26-50-32-13-11-12-31(28-32)39(21-19-30-20-22-40(47-2)41(27-30)48-3)52-42(45)38-18-9-10-23-44(38)43(46)51-29-37-35-16-7-5-14-33(35)34-15-6-8-17-36(34)37/h4-8,11-17,20,22,27-28,37-39H,1,9-10,18-19,21,23-26,29H2,2-3H3/t38-,39+/m0/s1. The second kappa shape index (κ2) is 17.8. The molecule has 272 valence electrons. The number of hydrogen-bond acceptors (Lipinski definition) is 8. The van der Waals surface area contributed by atoms with E-state index in [1.807, 2.05) is 66.7 Å². The Bertz CT molecular complexity index is 1790. The van der Waals surface area contributed by atoms with Crippen LogP contribution < -0.4 is 14.2 Å². The first kappa shape index (κ1) is 36.5. The highest BCUT2D eigenvalue weighted by Gasteiger charge is 2.37. The molecule has 1 fully saturated rings. The third kappa shape index (κ3) is 8.60. The normalized spacial score (nSPS) is 15.6. The lowest BCUT2D eigenvalue weighted by Crippen LogP contribution is -2.49. The Morgan fingerprint density at radius 2 is 1.62 bits per heavy atom. The molecule has 4 aromatic rings. The van der Waals surface area contributed by atoms with Gasteiger partial charge in [0, 0.05) is 12.5 Å². The number of benzene rings is 4. The molecule has 6 rings (SSSR count). The number of hydrogen-bond donors (Lipinski definition) is 0. The van der Waals surface area contributed by atoms with E-state index in [4.69, 9.17) is 28.4 Å². The summed E-state index contributed by atoms with van der Waals surface area (Å²) in [5.41, 5.74) is 6.39. The zero-order valence-corrected chi connectivity index (χ0v) is 30.0. The van der Waals surface area contributed by atoms with Crippen LogP contribution in [0.3, 0.4) is 0 Å². The van der Waals surface area contributed by atoms with Crippen LogP contribution in [0.15, 0.2) is 104 Å². The van der Waals surface area contributed by atoms with E-state index in [9.17, 15) is 9.59 Å². The van der Waals surface area contributed by atoms with Crippen molar-refractivity contribution in [3.63, 3.8) is 0 Å². The van der Waals surface area contributed by atoms with Gasteiger partial charge in [-0.1, -0.05) is 72.8 Å². The number of ether oxygens (including phenoxy) is 6. The summed E-state index contributed by atoms with van der Waals surface area (Å²) in [5.74, 6) is 1.39. The number of aryl methyl sites for hydroxylation is 1. The van der Waals surface area contributed by atoms with Gasteiger partial charge in [-0.3, -0.25) is 4.90 Å². The molecule has 1 aliphatic carbocycles. The lowest BCUT2D eigenvalue weighted by atomic mass is 9.98. The third-order valence-electron chi connectivity index (χ3n) is 9.71. The molecule has 0 aromatic heterocycles. The Hall–Kier alpha value is -5.28. The van der Waals surface area contributed by atoms with Crippen molar-refractivity contribution in [2.75, 3.05) is 47.2 Å². The van der Waals surface area contributed by atoms with E-state index < -0.39 is 24.2 Å². The minimum Gasteiger partial charge on any atom is -0.493 e. The second-order valence-corrected chi connectivity index (χ2v) is 12.9. The van der Waals surface area contributed by atoms with Gasteiger partial charge in [0.25, 0.3) is 0 Å². The van der Waals surface area contributed by atoms with Crippen molar-refractivity contribution in [3.8, 4) is 28.4 Å². The molecule has 0 unspecified atom stereocenters. The number of methoxy groups -OCH3 is 2. The van der Waals surface area contributed by atoms with Crippen LogP contribution in [-0.2, 0) is 25.4 Å². The highest BCUT2D eigenvalue weighted by Crippen LogP contribution is 2.44. The van der Waals surface area contributed by atoms with E-state index in [0.29, 0.717) is 62.9 Å². The average molecular weight is 706 g/mol. The maximum atomic E-state index is 14.1. The molecule has 0 N–H and O–H groups in total. The monoisotopic (exact) mass is 705 g/mol. The molecule has 0 bridgehead atoms. The number of carbonyl (C=O) groups is 2. The summed E-state index contributed by atoms with van der Waals surface area (Å²) < 4.78 is 34.7. The van der Waals surface area contributed by atoms with Gasteiger partial charge in [-0.05, 0) is 89.8 Å². The van der Waals surface area contributed by atoms with Crippen LogP contribution in [0, 0.1) is 0 Å². The molecule has 1 saturated heterocycles. The number of esters is 1. The SMILES string of the molecule is C=CCOCCOc1cccc([C@@H](CCc2ccc(OC)c(OC)c2)OC(=O)[C@@H]2CCCCN2C(=O)OCC2c3ccccc3-c3ccccc32)c1. The first-order valence-corrected chi connectivity index (χ1v) is 17.9. The number of amides is 1. The molecule has 1 heterocycles. The quantitative estimate of drug-likeness (QED) is 0.0653. The lowest BCUT2D eigenvalue weighted by molar-refractivity contribution is -0.157. The van der Waals surface area contributed by atoms with Crippen molar-refractivity contribution >= 4 is 12.1 Å². The molecule has 0 saturated carbocycles. The van der Waals surface area contributed by atoms with Crippen molar-refractivity contribution in [1.29, 1.82) is 0 Å². The molecular weight excluding hydrogens is 658 g/mol. The first-order valence-electron chi connectivity index (χ1n) is 17.9. The van der Waals surface area contributed by atoms with Gasteiger partial charge < -0.3 is 28.4 Å². The summed E-state index contributed by atoms with van der Waals surface area (Å²) in [6, 6.07) is 29.1. The summed E-state index contributed by atoms with van der Waals surface area (Å²) in [7, 11) is 3.21. The van der Waals surface area contributed by atoms with Crippen LogP contribution >= 0.6 is 0 Å². The van der Waals surface area contributed by atoms with Gasteiger partial charge >= 0.3 is 12.1 Å². The van der Waals surface area contributed by atoms with E-state index in [1.54, 1.807) is 25.2 Å². The molecule has 4 aromatic carbocycles. The third-order valence-corrected chi connectivity index (χ3v) is 9.71. The Labute approximate surface area is 306 Å². The van der Waals surface area contributed by atoms with Crippen LogP contribution in [0.25, 0.3) is 11.1 Å². The summed E-state index contributed by atoms with van der Waals surface area (Å²) in [5, 5.41) is 0. The zero-order valence-electron chi connectivity index (χ0n) is 30.0. The van der Waals surface area contributed by atoms with Crippen LogP contribution in [0.1, 0.15) is 60.0 Å². The first-order chi connectivity index (χ1) is 25.5. The Morgan fingerprint density at radius 3 is 2.35 bits per heavy atom. The van der Waals surface area contributed by atoms with E-state index in [-0.39, 0.29) is 12.5 Å². The summed E-state index contributed by atoms with van der Waals surface area (Å²) in [6.45, 7) is 5.51. The molecule has 1 aliphatic heterocycles. The largest absolute Gasteiger partial charge is 0.493 e. The number of likely N-dealkylation sites (tertiary alicyclic amines) is 1. The predicted molar refractivity (Wildman–Crippen MR) is 199 cm³/mol. The number of piperidine rings is 1. The Balaban J connectivity index is 1.16. The Morgan fingerprint density at radius 1 is 0.865 bits per heavy atom. The summed E-state index contributed by atoms with van der Waals surface area (Å²) in [4.78, 5) is 29.3. The van der Waals surface area contributed by atoms with Gasteiger partial charge in [0.05, 0.1) is 27.4 Å². The zero-order chi connectivity index (χ0) is 36.3. The fourth-order valence-electron chi connectivity index (χ4n) is 7.11. The van der Waals surface area contributed by atoms with Crippen molar-refractivity contribution in [2.24, 2.45) is 0 Å². The summed E-state index contributed by atoms with van der Waals surface area (Å²) in [6.07, 6.45) is 3.77. The fourth-order valence-corrected chi connectivity index (χ4v) is 7.11. The van der Waals surface area contributed by atoms with Crippen LogP contribution in [0.5, 0.6) is 17.2 Å². The number of nitrogens with zero attached hydrogens (tertiary/aromatic N) is 1. The molecule has 2 aliphatic rings. The van der Waals surface area contributed by atoms with Crippen molar-refractivity contribution < 1.29 is 38.0 Å². The molecule has 1 amide bonds. The molecule has 9 heteroatoms. The van der Waals surface area contributed by atoms with Crippen molar-refractivity contribution in [2.45, 2.75) is 50.2 Å². The fraction of sp³-hybridized carbons (Fsp3) is 0.349. The number of fused-ring (bicyclic) bond motifs is 3. The highest BCUT2D eigenvalue weighted by molar-refractivity contribution is 5.82. The molecule has 2 atom stereocenters. The van der Waals surface area contributed by atoms with Gasteiger partial charge in [0.1, 0.15) is 31.1 Å². The average Bonchev–Trinajstić information content (AvgIpc) is 3.51. The topological polar surface area (TPSA) is 92.8 Å². The minimum absolute atomic E-state index is 0.0736. The van der Waals surface area contributed by atoms with Crippen molar-refractivity contribution in [1.82, 2.24) is 4.90 Å². The van der Waals surface area contributed by atoms with Crippen LogP contribution in [0.2, 0.25) is 0 Å². The molecule has 9 nitrogen and oxygen atoms in total. The van der Waals surface area contributed by atoms with Crippen LogP contribution in [0.4, 0.5) is 4.79 Å². The lowest BCUT2D eigenvalue weighted by Gasteiger charge is -2.34. The van der Waals surface area contributed by atoms with Gasteiger partial charge in [0.15, 0.2) is 11.5 Å². The van der Waals surface area contributed by atoms with Gasteiger partial charge in [-0.15, -0.1) is 6.58 Å². The molecule has 0 radical (unpaired) electrons. The molecule has 0 spiro atoms. The highest BCUT2D eigenvalue weighted by atomic mass is 16.6. The van der Waals surface area contributed by atoms with E-state index in [1.165, 1.54) is 0 Å². The Kier molecular flexibility index (Phi) is 12.5. The van der Waals surface area contributed by atoms with Gasteiger partial charge in [0.2, 0.25) is 0 Å². The van der Waals surface area contributed by atoms with Gasteiger partial charge in [-0.25, -0.2) is 9.59 Å². The summed E-state index contributed by atoms with van der Waals surface area (Å²) >= 11 is 0. The molecular formula is C43H47NO8. The predicted octanol–water partition coefficient (Wildman–Crippen LogP) is 8.31. The maximum Gasteiger partial charge on any atom is 0.410 e. The maximum absolute atomic E-state index is 14.1. The number of rotatable bonds is 16. The minimum atomic E-state index is -0.755. The van der Waals surface area contributed by atoms with Crippen LogP contribution in [-0.4, -0.2) is 70.2 Å². The van der Waals surface area contributed by atoms with E-state index >= 15 is 0 Å². The smallest absolute Gasteiger partial charge is 0.410 e. The van der Waals surface area contributed by atoms with Gasteiger partial charge in [-0.2, -0.15) is 0 Å². The molecule has 52 heavy (non-hydrogen) atoms.